The summed E-state index contributed by atoms with van der Waals surface area (Å²) in [6, 6.07) is 8.67. The van der Waals surface area contributed by atoms with E-state index in [1.807, 2.05) is 7.05 Å². The Morgan fingerprint density at radius 2 is 2.00 bits per heavy atom. The van der Waals surface area contributed by atoms with E-state index in [0.717, 1.165) is 51.5 Å². The number of nitrogens with zero attached hydrogens (tertiary/aromatic N) is 2. The Morgan fingerprint density at radius 3 is 2.70 bits per heavy atom. The fourth-order valence-electron chi connectivity index (χ4n) is 4.99. The number of likely N-dealkylation sites (tertiary alicyclic amines) is 1. The molecule has 1 unspecified atom stereocenters. The minimum atomic E-state index is -0.168. The van der Waals surface area contributed by atoms with Crippen LogP contribution in [0.2, 0.25) is 0 Å². The van der Waals surface area contributed by atoms with E-state index in [-0.39, 0.29) is 11.8 Å². The summed E-state index contributed by atoms with van der Waals surface area (Å²) in [5.41, 5.74) is 8.47. The minimum Gasteiger partial charge on any atom is -0.369 e. The molecule has 1 amide bonds. The Bertz CT molecular complexity index is 726. The van der Waals surface area contributed by atoms with Gasteiger partial charge in [-0.3, -0.25) is 14.7 Å². The van der Waals surface area contributed by atoms with E-state index in [0.29, 0.717) is 5.41 Å². The fourth-order valence-corrected chi connectivity index (χ4v) is 4.99. The quantitative estimate of drug-likeness (QED) is 0.452. The van der Waals surface area contributed by atoms with Crippen molar-refractivity contribution in [3.05, 3.63) is 35.4 Å². The van der Waals surface area contributed by atoms with Gasteiger partial charge < -0.3 is 16.4 Å². The molecule has 0 aromatic heterocycles. The van der Waals surface area contributed by atoms with Gasteiger partial charge in [-0.25, -0.2) is 0 Å². The second kappa shape index (κ2) is 10.8. The summed E-state index contributed by atoms with van der Waals surface area (Å²) in [6.45, 7) is 6.72. The van der Waals surface area contributed by atoms with Gasteiger partial charge in [0, 0.05) is 33.2 Å². The normalized spacial score (nSPS) is 22.1. The van der Waals surface area contributed by atoms with Gasteiger partial charge in [-0.05, 0) is 55.2 Å². The van der Waals surface area contributed by atoms with E-state index in [2.05, 4.69) is 51.7 Å². The van der Waals surface area contributed by atoms with Crippen molar-refractivity contribution in [2.45, 2.75) is 65.0 Å². The largest absolute Gasteiger partial charge is 0.369 e. The highest BCUT2D eigenvalue weighted by atomic mass is 16.1. The van der Waals surface area contributed by atoms with E-state index < -0.39 is 0 Å². The number of amides is 1. The van der Waals surface area contributed by atoms with Crippen LogP contribution in [0, 0.1) is 11.3 Å². The number of hydrogen-bond donors (Lipinski definition) is 3. The molecule has 1 aliphatic heterocycles. The number of aliphatic imine (C=N–C) groups is 1. The van der Waals surface area contributed by atoms with Crippen molar-refractivity contribution in [1.29, 1.82) is 0 Å². The maximum absolute atomic E-state index is 11.5. The molecule has 1 saturated carbocycles. The Hall–Kier alpha value is -2.08. The summed E-state index contributed by atoms with van der Waals surface area (Å²) in [5.74, 6) is 0.698. The molecule has 3 rings (SSSR count). The number of carbonyl (C=O) groups excluding carboxylic acids is 1. The van der Waals surface area contributed by atoms with Crippen molar-refractivity contribution < 1.29 is 4.79 Å². The van der Waals surface area contributed by atoms with Gasteiger partial charge in [0.1, 0.15) is 0 Å². The molecule has 0 bridgehead atoms. The Labute approximate surface area is 181 Å². The lowest BCUT2D eigenvalue weighted by atomic mass is 9.83. The van der Waals surface area contributed by atoms with E-state index >= 15 is 0 Å². The average Bonchev–Trinajstić information content (AvgIpc) is 3.24. The van der Waals surface area contributed by atoms with Gasteiger partial charge in [-0.15, -0.1) is 0 Å². The lowest BCUT2D eigenvalue weighted by Crippen LogP contribution is -2.42. The van der Waals surface area contributed by atoms with Crippen molar-refractivity contribution in [2.24, 2.45) is 22.1 Å². The first-order chi connectivity index (χ1) is 14.5. The van der Waals surface area contributed by atoms with E-state index in [1.165, 1.54) is 43.2 Å². The van der Waals surface area contributed by atoms with Crippen molar-refractivity contribution in [3.8, 4) is 0 Å². The lowest BCUT2D eigenvalue weighted by Gasteiger charge is -2.31. The molecule has 1 heterocycles. The van der Waals surface area contributed by atoms with Crippen molar-refractivity contribution in [2.75, 3.05) is 26.7 Å². The molecule has 1 saturated heterocycles. The lowest BCUT2D eigenvalue weighted by molar-refractivity contribution is -0.123. The molecular formula is C24H39N5O. The van der Waals surface area contributed by atoms with Crippen LogP contribution in [-0.4, -0.2) is 43.4 Å². The molecule has 0 radical (unpaired) electrons. The summed E-state index contributed by atoms with van der Waals surface area (Å²) in [7, 11) is 1.84. The molecule has 1 aliphatic carbocycles. The van der Waals surface area contributed by atoms with Gasteiger partial charge in [-0.1, -0.05) is 44.0 Å². The first-order valence-electron chi connectivity index (χ1n) is 11.6. The average molecular weight is 414 g/mol. The summed E-state index contributed by atoms with van der Waals surface area (Å²) in [4.78, 5) is 18.3. The Kier molecular flexibility index (Phi) is 8.14. The molecular weight excluding hydrogens is 374 g/mol. The standard InChI is InChI=1S/C24H39N5O/c1-3-24(11-4-5-12-24)18-28-23(26-2)27-15-19-8-6-9-20(14-19)16-29-13-7-10-21(17-29)22(25)30/h6,8-9,14,21H,3-5,7,10-13,15-18H2,1-2H3,(H2,25,30)(H2,26,27,28). The number of carbonyl (C=O) groups is 1. The topological polar surface area (TPSA) is 82.8 Å². The summed E-state index contributed by atoms with van der Waals surface area (Å²) >= 11 is 0. The van der Waals surface area contributed by atoms with Crippen LogP contribution < -0.4 is 16.4 Å². The van der Waals surface area contributed by atoms with Gasteiger partial charge in [-0.2, -0.15) is 0 Å². The number of nitrogens with two attached hydrogens (primary N) is 1. The number of piperidine rings is 1. The van der Waals surface area contributed by atoms with Crippen LogP contribution >= 0.6 is 0 Å². The molecule has 6 nitrogen and oxygen atoms in total. The summed E-state index contributed by atoms with van der Waals surface area (Å²) < 4.78 is 0. The highest BCUT2D eigenvalue weighted by Crippen LogP contribution is 2.40. The molecule has 166 valence electrons. The minimum absolute atomic E-state index is 0.00993. The third-order valence-corrected chi connectivity index (χ3v) is 7.03. The van der Waals surface area contributed by atoms with Crippen molar-refractivity contribution in [3.63, 3.8) is 0 Å². The smallest absolute Gasteiger partial charge is 0.221 e. The third-order valence-electron chi connectivity index (χ3n) is 7.03. The molecule has 1 aromatic carbocycles. The molecule has 1 atom stereocenters. The Balaban J connectivity index is 1.50. The zero-order chi connectivity index (χ0) is 21.4. The SMILES string of the molecule is CCC1(CNC(=NC)NCc2cccc(CN3CCCC(C(N)=O)C3)c2)CCCC1. The first-order valence-corrected chi connectivity index (χ1v) is 11.6. The molecule has 2 aliphatic rings. The van der Waals surface area contributed by atoms with Crippen LogP contribution in [0.3, 0.4) is 0 Å². The number of hydrogen-bond acceptors (Lipinski definition) is 3. The maximum Gasteiger partial charge on any atom is 0.221 e. The van der Waals surface area contributed by atoms with Gasteiger partial charge in [0.25, 0.3) is 0 Å². The van der Waals surface area contributed by atoms with E-state index in [9.17, 15) is 4.79 Å². The molecule has 30 heavy (non-hydrogen) atoms. The van der Waals surface area contributed by atoms with Gasteiger partial charge in [0.05, 0.1) is 5.92 Å². The summed E-state index contributed by atoms with van der Waals surface area (Å²) in [5, 5.41) is 7.02. The van der Waals surface area contributed by atoms with Crippen LogP contribution in [0.15, 0.2) is 29.3 Å². The predicted molar refractivity (Wildman–Crippen MR) is 123 cm³/mol. The van der Waals surface area contributed by atoms with Crippen molar-refractivity contribution in [1.82, 2.24) is 15.5 Å². The number of benzene rings is 1. The Morgan fingerprint density at radius 1 is 1.23 bits per heavy atom. The first kappa shape index (κ1) is 22.6. The van der Waals surface area contributed by atoms with Crippen LogP contribution in [0.25, 0.3) is 0 Å². The summed E-state index contributed by atoms with van der Waals surface area (Å²) in [6.07, 6.45) is 8.53. The second-order valence-corrected chi connectivity index (χ2v) is 9.14. The molecule has 2 fully saturated rings. The molecule has 0 spiro atoms. The monoisotopic (exact) mass is 413 g/mol. The van der Waals surface area contributed by atoms with Gasteiger partial charge in [0.15, 0.2) is 5.96 Å². The van der Waals surface area contributed by atoms with Gasteiger partial charge >= 0.3 is 0 Å². The number of rotatable bonds is 8. The molecule has 4 N–H and O–H groups in total. The van der Waals surface area contributed by atoms with Crippen LogP contribution in [-0.2, 0) is 17.9 Å². The van der Waals surface area contributed by atoms with Crippen LogP contribution in [0.5, 0.6) is 0 Å². The van der Waals surface area contributed by atoms with E-state index in [1.54, 1.807) is 0 Å². The van der Waals surface area contributed by atoms with Crippen LogP contribution in [0.1, 0.15) is 63.0 Å². The number of nitrogens with one attached hydrogen (secondary N) is 2. The van der Waals surface area contributed by atoms with Gasteiger partial charge in [0.2, 0.25) is 5.91 Å². The number of primary amides is 1. The predicted octanol–water partition coefficient (Wildman–Crippen LogP) is 3.02. The highest BCUT2D eigenvalue weighted by Gasteiger charge is 2.31. The highest BCUT2D eigenvalue weighted by molar-refractivity contribution is 5.79. The maximum atomic E-state index is 11.5. The second-order valence-electron chi connectivity index (χ2n) is 9.14. The zero-order valence-corrected chi connectivity index (χ0v) is 18.8. The molecule has 6 heteroatoms. The third kappa shape index (κ3) is 6.21. The zero-order valence-electron chi connectivity index (χ0n) is 18.8. The fraction of sp³-hybridized carbons (Fsp3) is 0.667. The van der Waals surface area contributed by atoms with E-state index in [4.69, 9.17) is 5.73 Å². The number of guanidine groups is 1. The molecule has 1 aromatic rings. The van der Waals surface area contributed by atoms with Crippen LogP contribution in [0.4, 0.5) is 0 Å². The van der Waals surface area contributed by atoms with Crippen molar-refractivity contribution >= 4 is 11.9 Å².